The van der Waals surface area contributed by atoms with Gasteiger partial charge in [-0.05, 0) is 38.2 Å². The minimum atomic E-state index is -0.0680. The van der Waals surface area contributed by atoms with Crippen molar-refractivity contribution < 1.29 is 9.53 Å². The van der Waals surface area contributed by atoms with E-state index in [9.17, 15) is 4.79 Å². The van der Waals surface area contributed by atoms with Gasteiger partial charge in [0, 0.05) is 19.2 Å². The highest BCUT2D eigenvalue weighted by Crippen LogP contribution is 2.18. The smallest absolute Gasteiger partial charge is 0.251 e. The number of hydrogen-bond acceptors (Lipinski definition) is 3. The Hall–Kier alpha value is -2.17. The molecule has 2 rings (SSSR count). The average molecular weight is 326 g/mol. The maximum absolute atomic E-state index is 12.6. The molecular formula is C20H26N2O2. The minimum absolute atomic E-state index is 0.0680. The number of carbonyl (C=O) groups is 1. The van der Waals surface area contributed by atoms with Crippen molar-refractivity contribution in [1.82, 2.24) is 10.2 Å². The topological polar surface area (TPSA) is 41.6 Å². The molecule has 0 spiro atoms. The molecule has 0 aromatic heterocycles. The van der Waals surface area contributed by atoms with Crippen LogP contribution < -0.4 is 5.32 Å². The summed E-state index contributed by atoms with van der Waals surface area (Å²) in [6, 6.07) is 16.1. The van der Waals surface area contributed by atoms with Crippen molar-refractivity contribution in [2.24, 2.45) is 0 Å². The molecule has 1 unspecified atom stereocenters. The van der Waals surface area contributed by atoms with Gasteiger partial charge in [0.05, 0.1) is 12.6 Å². The van der Waals surface area contributed by atoms with Crippen LogP contribution in [0.25, 0.3) is 0 Å². The molecule has 4 heteroatoms. The Morgan fingerprint density at radius 3 is 2.42 bits per heavy atom. The summed E-state index contributed by atoms with van der Waals surface area (Å²) in [5.74, 6) is -0.0680. The Kier molecular flexibility index (Phi) is 6.53. The monoisotopic (exact) mass is 326 g/mol. The SMILES string of the molecule is COCc1ccccc1C(=O)NCC(c1ccc(C)cc1)N(C)C. The molecule has 2 aromatic carbocycles. The van der Waals surface area contributed by atoms with Crippen molar-refractivity contribution in [3.05, 3.63) is 70.8 Å². The van der Waals surface area contributed by atoms with E-state index in [1.165, 1.54) is 11.1 Å². The van der Waals surface area contributed by atoms with Gasteiger partial charge in [-0.3, -0.25) is 4.79 Å². The van der Waals surface area contributed by atoms with Gasteiger partial charge < -0.3 is 15.0 Å². The molecule has 1 N–H and O–H groups in total. The molecule has 0 saturated carbocycles. The quantitative estimate of drug-likeness (QED) is 0.850. The van der Waals surface area contributed by atoms with E-state index in [2.05, 4.69) is 41.4 Å². The largest absolute Gasteiger partial charge is 0.380 e. The fourth-order valence-corrected chi connectivity index (χ4v) is 2.69. The van der Waals surface area contributed by atoms with Crippen LogP contribution in [0.1, 0.15) is 33.1 Å². The van der Waals surface area contributed by atoms with Gasteiger partial charge in [0.15, 0.2) is 0 Å². The molecule has 2 aromatic rings. The summed E-state index contributed by atoms with van der Waals surface area (Å²) in [6.45, 7) is 3.05. The van der Waals surface area contributed by atoms with Crippen LogP contribution in [-0.4, -0.2) is 38.6 Å². The van der Waals surface area contributed by atoms with Gasteiger partial charge in [-0.25, -0.2) is 0 Å². The number of aryl methyl sites for hydroxylation is 1. The molecule has 0 bridgehead atoms. The predicted molar refractivity (Wildman–Crippen MR) is 97.1 cm³/mol. The second-order valence-corrected chi connectivity index (χ2v) is 6.19. The summed E-state index contributed by atoms with van der Waals surface area (Å²) in [4.78, 5) is 14.7. The first-order chi connectivity index (χ1) is 11.5. The van der Waals surface area contributed by atoms with Crippen molar-refractivity contribution in [3.8, 4) is 0 Å². The molecule has 0 heterocycles. The first kappa shape index (κ1) is 18.2. The number of amides is 1. The first-order valence-corrected chi connectivity index (χ1v) is 8.11. The summed E-state index contributed by atoms with van der Waals surface area (Å²) in [5, 5.41) is 3.06. The summed E-state index contributed by atoms with van der Waals surface area (Å²) < 4.78 is 5.17. The summed E-state index contributed by atoms with van der Waals surface area (Å²) >= 11 is 0. The summed E-state index contributed by atoms with van der Waals surface area (Å²) in [7, 11) is 5.68. The van der Waals surface area contributed by atoms with Crippen LogP contribution in [0.5, 0.6) is 0 Å². The van der Waals surface area contributed by atoms with Crippen molar-refractivity contribution >= 4 is 5.91 Å². The van der Waals surface area contributed by atoms with E-state index in [4.69, 9.17) is 4.74 Å². The van der Waals surface area contributed by atoms with Gasteiger partial charge in [-0.1, -0.05) is 48.0 Å². The van der Waals surface area contributed by atoms with Crippen LogP contribution in [0.2, 0.25) is 0 Å². The van der Waals surface area contributed by atoms with Gasteiger partial charge in [-0.15, -0.1) is 0 Å². The normalized spacial score (nSPS) is 12.2. The number of ether oxygens (including phenoxy) is 1. The van der Waals surface area contributed by atoms with Crippen LogP contribution in [0.4, 0.5) is 0 Å². The minimum Gasteiger partial charge on any atom is -0.380 e. The first-order valence-electron chi connectivity index (χ1n) is 8.11. The van der Waals surface area contributed by atoms with E-state index in [1.54, 1.807) is 7.11 Å². The number of likely N-dealkylation sites (N-methyl/N-ethyl adjacent to an activating group) is 1. The molecule has 0 radical (unpaired) electrons. The van der Waals surface area contributed by atoms with Crippen LogP contribution >= 0.6 is 0 Å². The van der Waals surface area contributed by atoms with Crippen LogP contribution in [-0.2, 0) is 11.3 Å². The van der Waals surface area contributed by atoms with Crippen molar-refractivity contribution in [2.45, 2.75) is 19.6 Å². The lowest BCUT2D eigenvalue weighted by Crippen LogP contribution is -2.35. The highest BCUT2D eigenvalue weighted by Gasteiger charge is 2.17. The highest BCUT2D eigenvalue weighted by molar-refractivity contribution is 5.95. The lowest BCUT2D eigenvalue weighted by Gasteiger charge is -2.25. The zero-order chi connectivity index (χ0) is 17.5. The fourth-order valence-electron chi connectivity index (χ4n) is 2.69. The van der Waals surface area contributed by atoms with Crippen LogP contribution in [0.15, 0.2) is 48.5 Å². The molecule has 1 atom stereocenters. The molecule has 128 valence electrons. The number of rotatable bonds is 7. The highest BCUT2D eigenvalue weighted by atomic mass is 16.5. The maximum Gasteiger partial charge on any atom is 0.251 e. The Bertz CT molecular complexity index is 666. The second kappa shape index (κ2) is 8.62. The average Bonchev–Trinajstić information content (AvgIpc) is 2.57. The fraction of sp³-hybridized carbons (Fsp3) is 0.350. The predicted octanol–water partition coefficient (Wildman–Crippen LogP) is 3.17. The van der Waals surface area contributed by atoms with Crippen molar-refractivity contribution in [1.29, 1.82) is 0 Å². The maximum atomic E-state index is 12.6. The third-order valence-electron chi connectivity index (χ3n) is 4.10. The molecule has 1 amide bonds. The van der Waals surface area contributed by atoms with Crippen LogP contribution in [0.3, 0.4) is 0 Å². The molecule has 24 heavy (non-hydrogen) atoms. The molecule has 4 nitrogen and oxygen atoms in total. The Balaban J connectivity index is 2.09. The molecule has 0 saturated heterocycles. The van der Waals surface area contributed by atoms with Crippen molar-refractivity contribution in [3.63, 3.8) is 0 Å². The van der Waals surface area contributed by atoms with E-state index in [0.29, 0.717) is 18.7 Å². The standard InChI is InChI=1S/C20H26N2O2/c1-15-9-11-16(12-10-15)19(22(2)3)13-21-20(23)18-8-6-5-7-17(18)14-24-4/h5-12,19H,13-14H2,1-4H3,(H,21,23). The molecule has 0 fully saturated rings. The molecule has 0 aliphatic carbocycles. The van der Waals surface area contributed by atoms with Crippen LogP contribution in [0, 0.1) is 6.92 Å². The van der Waals surface area contributed by atoms with E-state index in [1.807, 2.05) is 38.4 Å². The van der Waals surface area contributed by atoms with Gasteiger partial charge in [0.25, 0.3) is 5.91 Å². The number of hydrogen-bond donors (Lipinski definition) is 1. The molecule has 0 aliphatic rings. The summed E-state index contributed by atoms with van der Waals surface area (Å²) in [6.07, 6.45) is 0. The Morgan fingerprint density at radius 1 is 1.12 bits per heavy atom. The van der Waals surface area contributed by atoms with E-state index >= 15 is 0 Å². The third kappa shape index (κ3) is 4.66. The van der Waals surface area contributed by atoms with E-state index < -0.39 is 0 Å². The lowest BCUT2D eigenvalue weighted by atomic mass is 10.0. The number of nitrogens with zero attached hydrogens (tertiary/aromatic N) is 1. The third-order valence-corrected chi connectivity index (χ3v) is 4.10. The Morgan fingerprint density at radius 2 is 1.79 bits per heavy atom. The number of carbonyl (C=O) groups excluding carboxylic acids is 1. The van der Waals surface area contributed by atoms with Gasteiger partial charge in [0.1, 0.15) is 0 Å². The number of nitrogens with one attached hydrogen (secondary N) is 1. The number of benzene rings is 2. The van der Waals surface area contributed by atoms with Gasteiger partial charge in [0.2, 0.25) is 0 Å². The summed E-state index contributed by atoms with van der Waals surface area (Å²) in [5.41, 5.74) is 3.99. The van der Waals surface area contributed by atoms with E-state index in [0.717, 1.165) is 5.56 Å². The van der Waals surface area contributed by atoms with Crippen molar-refractivity contribution in [2.75, 3.05) is 27.7 Å². The van der Waals surface area contributed by atoms with Gasteiger partial charge >= 0.3 is 0 Å². The number of methoxy groups -OCH3 is 1. The molecular weight excluding hydrogens is 300 g/mol. The second-order valence-electron chi connectivity index (χ2n) is 6.19. The van der Waals surface area contributed by atoms with Gasteiger partial charge in [-0.2, -0.15) is 0 Å². The zero-order valence-corrected chi connectivity index (χ0v) is 14.9. The van der Waals surface area contributed by atoms with E-state index in [-0.39, 0.29) is 11.9 Å². The lowest BCUT2D eigenvalue weighted by molar-refractivity contribution is 0.0937. The Labute approximate surface area is 144 Å². The zero-order valence-electron chi connectivity index (χ0n) is 14.9. The molecule has 0 aliphatic heterocycles.